The van der Waals surface area contributed by atoms with Crippen LogP contribution in [-0.2, 0) is 11.3 Å². The van der Waals surface area contributed by atoms with Crippen LogP contribution in [0, 0.1) is 22.5 Å². The maximum absolute atomic E-state index is 12.3. The van der Waals surface area contributed by atoms with Gasteiger partial charge >= 0.3 is 0 Å². The van der Waals surface area contributed by atoms with Gasteiger partial charge in [-0.05, 0) is 42.0 Å². The van der Waals surface area contributed by atoms with E-state index in [9.17, 15) is 14.9 Å². The number of nitro groups is 1. The smallest absolute Gasteiger partial charge is 0.272 e. The Labute approximate surface area is 164 Å². The van der Waals surface area contributed by atoms with Crippen molar-refractivity contribution < 1.29 is 14.5 Å². The van der Waals surface area contributed by atoms with Gasteiger partial charge < -0.3 is 9.30 Å². The molecule has 1 aromatic heterocycles. The van der Waals surface area contributed by atoms with Crippen molar-refractivity contribution in [2.45, 2.75) is 6.54 Å². The number of nitro benzene ring substituents is 1. The molecule has 0 unspecified atom stereocenters. The van der Waals surface area contributed by atoms with Crippen LogP contribution in [0.1, 0.15) is 5.56 Å². The van der Waals surface area contributed by atoms with E-state index in [0.29, 0.717) is 16.1 Å². The number of hydrogen-bond donors (Lipinski definition) is 0. The van der Waals surface area contributed by atoms with Gasteiger partial charge in [0.25, 0.3) is 11.6 Å². The van der Waals surface area contributed by atoms with Gasteiger partial charge in [-0.15, -0.1) is 6.42 Å². The van der Waals surface area contributed by atoms with Crippen LogP contribution in [0.2, 0.25) is 0 Å². The first-order valence-electron chi connectivity index (χ1n) is 8.14. The molecule has 0 bridgehead atoms. The maximum Gasteiger partial charge on any atom is 0.272 e. The Balaban J connectivity index is 1.92. The fourth-order valence-electron chi connectivity index (χ4n) is 2.52. The average molecular weight is 393 g/mol. The fourth-order valence-corrected chi connectivity index (χ4v) is 3.58. The second-order valence-corrected chi connectivity index (χ2v) is 6.65. The summed E-state index contributed by atoms with van der Waals surface area (Å²) in [5.74, 6) is 2.82. The molecule has 0 aliphatic heterocycles. The molecule has 140 valence electrons. The normalized spacial score (nSPS) is 11.6. The van der Waals surface area contributed by atoms with Gasteiger partial charge in [-0.2, -0.15) is 4.99 Å². The summed E-state index contributed by atoms with van der Waals surface area (Å²) >= 11 is 1.34. The number of aromatic nitrogens is 1. The third kappa shape index (κ3) is 4.16. The number of amides is 1. The lowest BCUT2D eigenvalue weighted by Crippen LogP contribution is -2.15. The second-order valence-electron chi connectivity index (χ2n) is 5.64. The van der Waals surface area contributed by atoms with Crippen LogP contribution < -0.4 is 9.54 Å². The first-order valence-corrected chi connectivity index (χ1v) is 8.95. The molecule has 28 heavy (non-hydrogen) atoms. The lowest BCUT2D eigenvalue weighted by molar-refractivity contribution is -0.384. The summed E-state index contributed by atoms with van der Waals surface area (Å²) in [6, 6.07) is 11.4. The van der Waals surface area contributed by atoms with Crippen molar-refractivity contribution in [2.24, 2.45) is 4.99 Å². The van der Waals surface area contributed by atoms with Crippen molar-refractivity contribution in [3.05, 3.63) is 69.0 Å². The number of methoxy groups -OCH3 is 1. The van der Waals surface area contributed by atoms with Crippen molar-refractivity contribution in [3.63, 3.8) is 0 Å². The Hall–Kier alpha value is -3.70. The first kappa shape index (κ1) is 19.1. The Bertz CT molecular complexity index is 1180. The van der Waals surface area contributed by atoms with Gasteiger partial charge in [-0.3, -0.25) is 14.9 Å². The molecule has 0 spiro atoms. The largest absolute Gasteiger partial charge is 0.497 e. The maximum atomic E-state index is 12.3. The number of hydrogen-bond acceptors (Lipinski definition) is 5. The number of rotatable bonds is 5. The summed E-state index contributed by atoms with van der Waals surface area (Å²) in [5, 5.41) is 10.7. The molecule has 0 aliphatic rings. The van der Waals surface area contributed by atoms with Crippen LogP contribution in [0.15, 0.2) is 53.5 Å². The molecule has 7 nitrogen and oxygen atoms in total. The van der Waals surface area contributed by atoms with Crippen LogP contribution in [0.4, 0.5) is 5.69 Å². The highest BCUT2D eigenvalue weighted by Crippen LogP contribution is 2.23. The number of fused-ring (bicyclic) bond motifs is 1. The summed E-state index contributed by atoms with van der Waals surface area (Å²) in [6.45, 7) is 0.282. The minimum absolute atomic E-state index is 0.0100. The number of non-ortho nitro benzene ring substituents is 1. The Kier molecular flexibility index (Phi) is 5.67. The van der Waals surface area contributed by atoms with E-state index in [4.69, 9.17) is 11.2 Å². The SMILES string of the molecule is C#CCn1c(=NC(=O)/C=C\c2ccc([N+](=O)[O-])cc2)sc2cc(OC)ccc21. The molecule has 3 aromatic rings. The summed E-state index contributed by atoms with van der Waals surface area (Å²) in [4.78, 5) is 27.1. The number of nitrogens with zero attached hydrogens (tertiary/aromatic N) is 3. The summed E-state index contributed by atoms with van der Waals surface area (Å²) in [6.07, 6.45) is 8.32. The lowest BCUT2D eigenvalue weighted by Gasteiger charge is -2.01. The van der Waals surface area contributed by atoms with Crippen LogP contribution >= 0.6 is 11.3 Å². The number of carbonyl (C=O) groups excluding carboxylic acids is 1. The Morgan fingerprint density at radius 3 is 2.75 bits per heavy atom. The molecule has 0 radical (unpaired) electrons. The Morgan fingerprint density at radius 1 is 1.36 bits per heavy atom. The standard InChI is InChI=1S/C20H15N3O4S/c1-3-12-22-17-10-9-16(27-2)13-18(17)28-20(22)21-19(24)11-6-14-4-7-15(8-5-14)23(25)26/h1,4-11,13H,12H2,2H3/b11-6-,21-20?. The lowest BCUT2D eigenvalue weighted by atomic mass is 10.2. The van der Waals surface area contributed by atoms with E-state index in [2.05, 4.69) is 10.9 Å². The molecule has 1 amide bonds. The molecule has 8 heteroatoms. The van der Waals surface area contributed by atoms with Crippen molar-refractivity contribution in [1.82, 2.24) is 4.57 Å². The zero-order valence-corrected chi connectivity index (χ0v) is 15.7. The Morgan fingerprint density at radius 2 is 2.11 bits per heavy atom. The minimum Gasteiger partial charge on any atom is -0.497 e. The highest BCUT2D eigenvalue weighted by atomic mass is 32.1. The minimum atomic E-state index is -0.478. The molecule has 2 aromatic carbocycles. The van der Waals surface area contributed by atoms with Crippen LogP contribution in [0.3, 0.4) is 0 Å². The van der Waals surface area contributed by atoms with Crippen molar-refractivity contribution in [3.8, 4) is 18.1 Å². The van der Waals surface area contributed by atoms with Gasteiger partial charge in [0.05, 0.1) is 28.8 Å². The number of terminal acetylenes is 1. The van der Waals surface area contributed by atoms with Gasteiger partial charge in [0.15, 0.2) is 4.80 Å². The van der Waals surface area contributed by atoms with E-state index >= 15 is 0 Å². The molecule has 0 N–H and O–H groups in total. The van der Waals surface area contributed by atoms with Crippen molar-refractivity contribution in [2.75, 3.05) is 7.11 Å². The van der Waals surface area contributed by atoms with Crippen molar-refractivity contribution >= 4 is 39.2 Å². The number of ether oxygens (including phenoxy) is 1. The molecule has 3 rings (SSSR count). The molecule has 0 saturated heterocycles. The zero-order valence-electron chi connectivity index (χ0n) is 14.9. The van der Waals surface area contributed by atoms with E-state index in [0.717, 1.165) is 10.2 Å². The highest BCUT2D eigenvalue weighted by molar-refractivity contribution is 7.16. The van der Waals surface area contributed by atoms with Gasteiger partial charge in [-0.1, -0.05) is 17.3 Å². The van der Waals surface area contributed by atoms with Crippen LogP contribution in [-0.4, -0.2) is 22.5 Å². The molecular weight excluding hydrogens is 378 g/mol. The van der Waals surface area contributed by atoms with E-state index in [1.807, 2.05) is 18.2 Å². The molecular formula is C20H15N3O4S. The summed E-state index contributed by atoms with van der Waals surface area (Å²) < 4.78 is 7.92. The van der Waals surface area contributed by atoms with E-state index in [1.54, 1.807) is 29.9 Å². The van der Waals surface area contributed by atoms with E-state index < -0.39 is 10.8 Å². The molecule has 0 atom stereocenters. The number of thiazole rings is 1. The summed E-state index contributed by atoms with van der Waals surface area (Å²) in [7, 11) is 1.59. The number of carbonyl (C=O) groups is 1. The van der Waals surface area contributed by atoms with E-state index in [1.165, 1.54) is 29.5 Å². The zero-order chi connectivity index (χ0) is 20.1. The molecule has 1 heterocycles. The van der Waals surface area contributed by atoms with Gasteiger partial charge in [0.2, 0.25) is 0 Å². The van der Waals surface area contributed by atoms with Crippen molar-refractivity contribution in [1.29, 1.82) is 0 Å². The molecule has 0 fully saturated rings. The third-order valence-corrected chi connectivity index (χ3v) is 4.91. The number of benzene rings is 2. The third-order valence-electron chi connectivity index (χ3n) is 3.87. The monoisotopic (exact) mass is 393 g/mol. The molecule has 0 aliphatic carbocycles. The topological polar surface area (TPSA) is 86.7 Å². The van der Waals surface area contributed by atoms with Crippen LogP contribution in [0.25, 0.3) is 16.3 Å². The second kappa shape index (κ2) is 8.33. The summed E-state index contributed by atoms with van der Waals surface area (Å²) in [5.41, 5.74) is 1.52. The first-order chi connectivity index (χ1) is 13.5. The molecule has 0 saturated carbocycles. The van der Waals surface area contributed by atoms with Crippen LogP contribution in [0.5, 0.6) is 5.75 Å². The van der Waals surface area contributed by atoms with Gasteiger partial charge in [0.1, 0.15) is 5.75 Å². The highest BCUT2D eigenvalue weighted by Gasteiger charge is 2.08. The van der Waals surface area contributed by atoms with E-state index in [-0.39, 0.29) is 12.2 Å². The predicted octanol–water partition coefficient (Wildman–Crippen LogP) is 3.39. The predicted molar refractivity (Wildman–Crippen MR) is 108 cm³/mol. The fraction of sp³-hybridized carbons (Fsp3) is 0.100. The quantitative estimate of drug-likeness (QED) is 0.288. The average Bonchev–Trinajstić information content (AvgIpc) is 3.03. The van der Waals surface area contributed by atoms with Gasteiger partial charge in [-0.25, -0.2) is 0 Å². The van der Waals surface area contributed by atoms with Gasteiger partial charge in [0, 0.05) is 18.2 Å².